The normalized spacial score (nSPS) is 14.1. The highest BCUT2D eigenvalue weighted by Crippen LogP contribution is 2.13. The van der Waals surface area contributed by atoms with Crippen LogP contribution in [0.5, 0.6) is 0 Å². The van der Waals surface area contributed by atoms with Crippen LogP contribution in [0.4, 0.5) is 4.79 Å². The minimum Gasteiger partial charge on any atom is -0.350 e. The molecule has 8 heteroatoms. The Morgan fingerprint density at radius 1 is 1.32 bits per heavy atom. The third kappa shape index (κ3) is 5.17. The van der Waals surface area contributed by atoms with Crippen LogP contribution in [0.25, 0.3) is 0 Å². The number of hydrogen-bond acceptors (Lipinski definition) is 4. The first kappa shape index (κ1) is 20.9. The first-order chi connectivity index (χ1) is 11.4. The van der Waals surface area contributed by atoms with Crippen LogP contribution in [0.15, 0.2) is 24.3 Å². The fourth-order valence-corrected chi connectivity index (χ4v) is 2.47. The van der Waals surface area contributed by atoms with Crippen molar-refractivity contribution < 1.29 is 14.4 Å². The lowest BCUT2D eigenvalue weighted by Gasteiger charge is -2.26. The summed E-state index contributed by atoms with van der Waals surface area (Å²) in [7, 11) is 0. The molecule has 2 rings (SSSR count). The molecule has 0 unspecified atom stereocenters. The summed E-state index contributed by atoms with van der Waals surface area (Å²) in [4.78, 5) is 36.7. The summed E-state index contributed by atoms with van der Waals surface area (Å²) in [6.07, 6.45) is 1.55. The van der Waals surface area contributed by atoms with Crippen LogP contribution >= 0.6 is 12.4 Å². The lowest BCUT2D eigenvalue weighted by molar-refractivity contribution is -0.125. The number of nitrogens with two attached hydrogens (primary N) is 1. The molecule has 1 saturated heterocycles. The summed E-state index contributed by atoms with van der Waals surface area (Å²) in [5.74, 6) is -0.487. The van der Waals surface area contributed by atoms with Crippen molar-refractivity contribution in [3.05, 3.63) is 35.4 Å². The molecule has 1 aromatic carbocycles. The zero-order valence-electron chi connectivity index (χ0n) is 14.5. The standard InChI is InChI=1S/C17H24N4O3.ClH/c1-3-17(18,4-2)11-20-15(23)13-7-5-6-12(8-13)10-21-14(22)9-19-16(21)24;/h5-8H,3-4,9-11,18H2,1-2H3,(H,19,24)(H,20,23);1H. The van der Waals surface area contributed by atoms with Gasteiger partial charge < -0.3 is 16.4 Å². The minimum atomic E-state index is -0.409. The highest BCUT2D eigenvalue weighted by molar-refractivity contribution is 6.02. The third-order valence-corrected chi connectivity index (χ3v) is 4.48. The molecular formula is C17H25ClN4O3. The highest BCUT2D eigenvalue weighted by atomic mass is 35.5. The predicted molar refractivity (Wildman–Crippen MR) is 97.5 cm³/mol. The minimum absolute atomic E-state index is 0. The van der Waals surface area contributed by atoms with Gasteiger partial charge in [0.15, 0.2) is 0 Å². The molecule has 0 aliphatic carbocycles. The number of benzene rings is 1. The Morgan fingerprint density at radius 3 is 2.56 bits per heavy atom. The lowest BCUT2D eigenvalue weighted by atomic mass is 9.94. The first-order valence-corrected chi connectivity index (χ1v) is 8.12. The number of nitrogens with zero attached hydrogens (tertiary/aromatic N) is 1. The van der Waals surface area contributed by atoms with Gasteiger partial charge in [0.25, 0.3) is 5.91 Å². The molecule has 1 fully saturated rings. The van der Waals surface area contributed by atoms with E-state index in [1.807, 2.05) is 13.8 Å². The summed E-state index contributed by atoms with van der Waals surface area (Å²) < 4.78 is 0. The zero-order chi connectivity index (χ0) is 17.7. The largest absolute Gasteiger partial charge is 0.350 e. The quantitative estimate of drug-likeness (QED) is 0.633. The zero-order valence-corrected chi connectivity index (χ0v) is 15.3. The van der Waals surface area contributed by atoms with Gasteiger partial charge in [0, 0.05) is 17.6 Å². The van der Waals surface area contributed by atoms with Gasteiger partial charge >= 0.3 is 6.03 Å². The lowest BCUT2D eigenvalue weighted by Crippen LogP contribution is -2.49. The van der Waals surface area contributed by atoms with Gasteiger partial charge in [0.05, 0.1) is 13.1 Å². The van der Waals surface area contributed by atoms with E-state index in [0.717, 1.165) is 23.3 Å². The Morgan fingerprint density at radius 2 is 2.00 bits per heavy atom. The Kier molecular flexibility index (Phi) is 7.38. The Bertz CT molecular complexity index is 631. The first-order valence-electron chi connectivity index (χ1n) is 8.12. The molecule has 4 amide bonds. The maximum absolute atomic E-state index is 12.3. The van der Waals surface area contributed by atoms with E-state index < -0.39 is 11.6 Å². The van der Waals surface area contributed by atoms with Gasteiger partial charge in [-0.1, -0.05) is 26.0 Å². The molecule has 0 bridgehead atoms. The summed E-state index contributed by atoms with van der Waals surface area (Å²) in [5.41, 5.74) is 6.98. The SMILES string of the molecule is CCC(N)(CC)CNC(=O)c1cccc(CN2C(=O)CNC2=O)c1.Cl. The van der Waals surface area contributed by atoms with Gasteiger partial charge in [-0.3, -0.25) is 14.5 Å². The van der Waals surface area contributed by atoms with E-state index in [1.54, 1.807) is 24.3 Å². The fourth-order valence-electron chi connectivity index (χ4n) is 2.47. The Hall–Kier alpha value is -2.12. The van der Waals surface area contributed by atoms with E-state index in [1.165, 1.54) is 0 Å². The smallest absolute Gasteiger partial charge is 0.324 e. The van der Waals surface area contributed by atoms with E-state index in [0.29, 0.717) is 12.1 Å². The average molecular weight is 369 g/mol. The number of imide groups is 1. The summed E-state index contributed by atoms with van der Waals surface area (Å²) in [6, 6.07) is 6.48. The molecule has 1 aliphatic heterocycles. The second kappa shape index (κ2) is 8.82. The second-order valence-electron chi connectivity index (χ2n) is 6.09. The number of urea groups is 1. The van der Waals surface area contributed by atoms with Crippen molar-refractivity contribution in [2.24, 2.45) is 5.73 Å². The Balaban J connectivity index is 0.00000312. The van der Waals surface area contributed by atoms with E-state index >= 15 is 0 Å². The van der Waals surface area contributed by atoms with Crippen LogP contribution in [0, 0.1) is 0 Å². The van der Waals surface area contributed by atoms with Crippen molar-refractivity contribution in [1.29, 1.82) is 0 Å². The molecule has 138 valence electrons. The number of amides is 4. The van der Waals surface area contributed by atoms with Crippen LogP contribution in [-0.2, 0) is 11.3 Å². The fraction of sp³-hybridized carbons (Fsp3) is 0.471. The topological polar surface area (TPSA) is 105 Å². The van der Waals surface area contributed by atoms with Crippen LogP contribution < -0.4 is 16.4 Å². The molecule has 0 radical (unpaired) electrons. The third-order valence-electron chi connectivity index (χ3n) is 4.48. The maximum atomic E-state index is 12.3. The van der Waals surface area contributed by atoms with Crippen LogP contribution in [0.1, 0.15) is 42.6 Å². The molecule has 0 aromatic heterocycles. The molecule has 0 spiro atoms. The van der Waals surface area contributed by atoms with Crippen molar-refractivity contribution in [3.63, 3.8) is 0 Å². The molecule has 7 nitrogen and oxygen atoms in total. The number of rotatable bonds is 7. The number of halogens is 1. The van der Waals surface area contributed by atoms with E-state index in [-0.39, 0.29) is 37.3 Å². The van der Waals surface area contributed by atoms with Gasteiger partial charge in [-0.15, -0.1) is 12.4 Å². The van der Waals surface area contributed by atoms with Crippen LogP contribution in [0.3, 0.4) is 0 Å². The number of carbonyl (C=O) groups excluding carboxylic acids is 3. The van der Waals surface area contributed by atoms with Crippen molar-refractivity contribution in [3.8, 4) is 0 Å². The highest BCUT2D eigenvalue weighted by Gasteiger charge is 2.28. The summed E-state index contributed by atoms with van der Waals surface area (Å²) >= 11 is 0. The van der Waals surface area contributed by atoms with Gasteiger partial charge in [-0.2, -0.15) is 0 Å². The van der Waals surface area contributed by atoms with Crippen LogP contribution in [-0.4, -0.2) is 41.4 Å². The van der Waals surface area contributed by atoms with Crippen molar-refractivity contribution in [2.45, 2.75) is 38.8 Å². The van der Waals surface area contributed by atoms with Crippen molar-refractivity contribution in [2.75, 3.05) is 13.1 Å². The Labute approximate surface area is 153 Å². The van der Waals surface area contributed by atoms with Gasteiger partial charge in [-0.25, -0.2) is 4.79 Å². The molecule has 1 heterocycles. The van der Waals surface area contributed by atoms with Crippen LogP contribution in [0.2, 0.25) is 0 Å². The molecule has 1 aromatic rings. The molecule has 25 heavy (non-hydrogen) atoms. The molecule has 1 aliphatic rings. The number of hydrogen-bond donors (Lipinski definition) is 3. The molecule has 0 saturated carbocycles. The van der Waals surface area contributed by atoms with Gasteiger partial charge in [0.2, 0.25) is 5.91 Å². The average Bonchev–Trinajstić information content (AvgIpc) is 2.91. The second-order valence-corrected chi connectivity index (χ2v) is 6.09. The summed E-state index contributed by atoms with van der Waals surface area (Å²) in [5, 5.41) is 5.33. The van der Waals surface area contributed by atoms with E-state index in [2.05, 4.69) is 10.6 Å². The summed E-state index contributed by atoms with van der Waals surface area (Å²) in [6.45, 7) is 4.56. The van der Waals surface area contributed by atoms with Gasteiger partial charge in [0.1, 0.15) is 0 Å². The molecule has 0 atom stereocenters. The molecular weight excluding hydrogens is 344 g/mol. The van der Waals surface area contributed by atoms with E-state index in [9.17, 15) is 14.4 Å². The van der Waals surface area contributed by atoms with Gasteiger partial charge in [-0.05, 0) is 30.5 Å². The maximum Gasteiger partial charge on any atom is 0.324 e. The monoisotopic (exact) mass is 368 g/mol. The van der Waals surface area contributed by atoms with Crippen molar-refractivity contribution in [1.82, 2.24) is 15.5 Å². The predicted octanol–water partition coefficient (Wildman–Crippen LogP) is 1.41. The molecule has 4 N–H and O–H groups in total. The van der Waals surface area contributed by atoms with E-state index in [4.69, 9.17) is 5.73 Å². The number of nitrogens with one attached hydrogen (secondary N) is 2. The number of carbonyl (C=O) groups is 3. The van der Waals surface area contributed by atoms with Crippen molar-refractivity contribution >= 4 is 30.3 Å².